The van der Waals surface area contributed by atoms with Crippen LogP contribution in [-0.2, 0) is 20.1 Å². The van der Waals surface area contributed by atoms with Crippen molar-refractivity contribution in [1.82, 2.24) is 14.9 Å². The Kier molecular flexibility index (Phi) is 5.58. The summed E-state index contributed by atoms with van der Waals surface area (Å²) in [4.78, 5) is 16.4. The van der Waals surface area contributed by atoms with Gasteiger partial charge in [-0.1, -0.05) is 12.1 Å². The number of para-hydroxylation sites is 2. The van der Waals surface area contributed by atoms with Crippen molar-refractivity contribution in [1.29, 1.82) is 0 Å². The van der Waals surface area contributed by atoms with E-state index in [4.69, 9.17) is 13.9 Å². The van der Waals surface area contributed by atoms with Gasteiger partial charge in [0.15, 0.2) is 17.3 Å². The number of imidazole rings is 1. The smallest absolute Gasteiger partial charge is 0.287 e. The number of rotatable bonds is 8. The number of carbonyl (C=O) groups is 1. The summed E-state index contributed by atoms with van der Waals surface area (Å²) in [5.74, 6) is 2.73. The zero-order valence-electron chi connectivity index (χ0n) is 14.8. The molecule has 0 saturated heterocycles. The molecular formula is C19H21N3O4. The molecule has 3 aromatic rings. The fourth-order valence-electron chi connectivity index (χ4n) is 2.48. The lowest BCUT2D eigenvalue weighted by Crippen LogP contribution is -2.26. The molecule has 1 N–H and O–H groups in total. The first-order valence-electron chi connectivity index (χ1n) is 8.26. The van der Waals surface area contributed by atoms with Crippen molar-refractivity contribution in [3.63, 3.8) is 0 Å². The quantitative estimate of drug-likeness (QED) is 0.672. The van der Waals surface area contributed by atoms with Crippen molar-refractivity contribution >= 4 is 5.91 Å². The minimum absolute atomic E-state index is 0.209. The standard InChI is InChI=1S/C19H21N3O4/c1-22-12-11-20-18(22)9-10-21-19(23)17-8-7-14(26-17)13-25-16-6-4-3-5-15(16)24-2/h3-8,11-12H,9-10,13H2,1-2H3,(H,21,23). The zero-order valence-corrected chi connectivity index (χ0v) is 14.8. The Labute approximate surface area is 151 Å². The van der Waals surface area contributed by atoms with Gasteiger partial charge in [0.25, 0.3) is 5.91 Å². The van der Waals surface area contributed by atoms with Crippen LogP contribution in [0.15, 0.2) is 53.2 Å². The van der Waals surface area contributed by atoms with E-state index in [0.29, 0.717) is 30.2 Å². The number of aromatic nitrogens is 2. The van der Waals surface area contributed by atoms with Crippen LogP contribution in [0, 0.1) is 0 Å². The Bertz CT molecular complexity index is 869. The van der Waals surface area contributed by atoms with E-state index >= 15 is 0 Å². The molecule has 0 bridgehead atoms. The van der Waals surface area contributed by atoms with Gasteiger partial charge in [-0.2, -0.15) is 0 Å². The van der Waals surface area contributed by atoms with Crippen LogP contribution >= 0.6 is 0 Å². The monoisotopic (exact) mass is 355 g/mol. The molecule has 7 nitrogen and oxygen atoms in total. The van der Waals surface area contributed by atoms with Crippen LogP contribution in [0.1, 0.15) is 22.1 Å². The SMILES string of the molecule is COc1ccccc1OCc1ccc(C(=O)NCCc2nccn2C)o1. The van der Waals surface area contributed by atoms with E-state index in [0.717, 1.165) is 5.82 Å². The minimum atomic E-state index is -0.261. The average molecular weight is 355 g/mol. The number of hydrogen-bond acceptors (Lipinski definition) is 5. The van der Waals surface area contributed by atoms with Gasteiger partial charge in [-0.15, -0.1) is 0 Å². The summed E-state index contributed by atoms with van der Waals surface area (Å²) < 4.78 is 18.4. The first-order valence-corrected chi connectivity index (χ1v) is 8.26. The number of methoxy groups -OCH3 is 1. The predicted molar refractivity (Wildman–Crippen MR) is 95.3 cm³/mol. The minimum Gasteiger partial charge on any atom is -0.493 e. The molecule has 0 aliphatic rings. The number of nitrogens with one attached hydrogen (secondary N) is 1. The van der Waals surface area contributed by atoms with Gasteiger partial charge in [-0.25, -0.2) is 4.98 Å². The maximum absolute atomic E-state index is 12.2. The Balaban J connectivity index is 1.50. The van der Waals surface area contributed by atoms with Crippen molar-refractivity contribution in [2.75, 3.05) is 13.7 Å². The molecule has 136 valence electrons. The second-order valence-electron chi connectivity index (χ2n) is 5.67. The molecule has 0 saturated carbocycles. The molecule has 7 heteroatoms. The zero-order chi connectivity index (χ0) is 18.4. The normalized spacial score (nSPS) is 10.5. The molecule has 1 aromatic carbocycles. The molecule has 1 amide bonds. The highest BCUT2D eigenvalue weighted by atomic mass is 16.5. The summed E-state index contributed by atoms with van der Waals surface area (Å²) in [6, 6.07) is 10.7. The van der Waals surface area contributed by atoms with Crippen molar-refractivity contribution in [2.24, 2.45) is 7.05 Å². The topological polar surface area (TPSA) is 78.5 Å². The fraction of sp³-hybridized carbons (Fsp3) is 0.263. The number of amides is 1. The lowest BCUT2D eigenvalue weighted by Gasteiger charge is -2.08. The molecule has 2 aromatic heterocycles. The maximum atomic E-state index is 12.2. The van der Waals surface area contributed by atoms with Gasteiger partial charge in [0.2, 0.25) is 0 Å². The third kappa shape index (κ3) is 4.24. The largest absolute Gasteiger partial charge is 0.493 e. The molecule has 0 aliphatic heterocycles. The molecule has 0 spiro atoms. The highest BCUT2D eigenvalue weighted by molar-refractivity contribution is 5.91. The van der Waals surface area contributed by atoms with E-state index in [9.17, 15) is 4.79 Å². The Morgan fingerprint density at radius 3 is 2.77 bits per heavy atom. The van der Waals surface area contributed by atoms with Gasteiger partial charge in [-0.3, -0.25) is 4.79 Å². The van der Waals surface area contributed by atoms with Crippen LogP contribution in [0.5, 0.6) is 11.5 Å². The molecule has 3 rings (SSSR count). The summed E-state index contributed by atoms with van der Waals surface area (Å²) in [6.07, 6.45) is 4.26. The van der Waals surface area contributed by atoms with Crippen molar-refractivity contribution in [2.45, 2.75) is 13.0 Å². The van der Waals surface area contributed by atoms with Crippen molar-refractivity contribution in [3.05, 3.63) is 66.1 Å². The summed E-state index contributed by atoms with van der Waals surface area (Å²) in [5.41, 5.74) is 0. The second kappa shape index (κ2) is 8.24. The maximum Gasteiger partial charge on any atom is 0.287 e. The van der Waals surface area contributed by atoms with E-state index in [-0.39, 0.29) is 18.3 Å². The van der Waals surface area contributed by atoms with Gasteiger partial charge in [-0.05, 0) is 24.3 Å². The molecule has 2 heterocycles. The van der Waals surface area contributed by atoms with Crippen LogP contribution < -0.4 is 14.8 Å². The third-order valence-electron chi connectivity index (χ3n) is 3.88. The van der Waals surface area contributed by atoms with E-state index < -0.39 is 0 Å². The Morgan fingerprint density at radius 1 is 1.23 bits per heavy atom. The number of nitrogens with zero attached hydrogens (tertiary/aromatic N) is 2. The number of ether oxygens (including phenoxy) is 2. The van der Waals surface area contributed by atoms with Crippen LogP contribution in [0.4, 0.5) is 0 Å². The molecular weight excluding hydrogens is 334 g/mol. The first kappa shape index (κ1) is 17.6. The lowest BCUT2D eigenvalue weighted by atomic mass is 10.3. The van der Waals surface area contributed by atoms with Crippen LogP contribution in [0.3, 0.4) is 0 Å². The van der Waals surface area contributed by atoms with Crippen molar-refractivity contribution in [3.8, 4) is 11.5 Å². The number of benzene rings is 1. The van der Waals surface area contributed by atoms with Gasteiger partial charge in [0, 0.05) is 32.4 Å². The van der Waals surface area contributed by atoms with Crippen LogP contribution in [0.2, 0.25) is 0 Å². The number of hydrogen-bond donors (Lipinski definition) is 1. The lowest BCUT2D eigenvalue weighted by molar-refractivity contribution is 0.0922. The van der Waals surface area contributed by atoms with Crippen LogP contribution in [-0.4, -0.2) is 29.1 Å². The second-order valence-corrected chi connectivity index (χ2v) is 5.67. The molecule has 26 heavy (non-hydrogen) atoms. The fourth-order valence-corrected chi connectivity index (χ4v) is 2.48. The summed E-state index contributed by atoms with van der Waals surface area (Å²) >= 11 is 0. The molecule has 0 aliphatic carbocycles. The molecule has 0 atom stereocenters. The molecule has 0 unspecified atom stereocenters. The average Bonchev–Trinajstić information content (AvgIpc) is 3.29. The highest BCUT2D eigenvalue weighted by Crippen LogP contribution is 2.26. The number of aryl methyl sites for hydroxylation is 1. The predicted octanol–water partition coefficient (Wildman–Crippen LogP) is 2.57. The van der Waals surface area contributed by atoms with Gasteiger partial charge < -0.3 is 23.8 Å². The summed E-state index contributed by atoms with van der Waals surface area (Å²) in [7, 11) is 3.51. The first-order chi connectivity index (χ1) is 12.7. The highest BCUT2D eigenvalue weighted by Gasteiger charge is 2.12. The number of furan rings is 1. The van der Waals surface area contributed by atoms with Gasteiger partial charge in [0.1, 0.15) is 18.2 Å². The van der Waals surface area contributed by atoms with E-state index in [2.05, 4.69) is 10.3 Å². The van der Waals surface area contributed by atoms with Crippen LogP contribution in [0.25, 0.3) is 0 Å². The summed E-state index contributed by atoms with van der Waals surface area (Å²) in [6.45, 7) is 0.693. The molecule has 0 fully saturated rings. The van der Waals surface area contributed by atoms with E-state index in [1.807, 2.05) is 42.1 Å². The molecule has 0 radical (unpaired) electrons. The summed E-state index contributed by atoms with van der Waals surface area (Å²) in [5, 5.41) is 2.82. The van der Waals surface area contributed by atoms with E-state index in [1.54, 1.807) is 25.4 Å². The Morgan fingerprint density at radius 2 is 2.04 bits per heavy atom. The van der Waals surface area contributed by atoms with Gasteiger partial charge >= 0.3 is 0 Å². The third-order valence-corrected chi connectivity index (χ3v) is 3.88. The van der Waals surface area contributed by atoms with E-state index in [1.165, 1.54) is 0 Å². The van der Waals surface area contributed by atoms with Gasteiger partial charge in [0.05, 0.1) is 7.11 Å². The Hall–Kier alpha value is -3.22. The number of carbonyl (C=O) groups excluding carboxylic acids is 1. The van der Waals surface area contributed by atoms with Crippen molar-refractivity contribution < 1.29 is 18.7 Å².